The molecule has 4 heterocycles. The topological polar surface area (TPSA) is 84.6 Å². The molecule has 0 bridgehead atoms. The number of rotatable bonds is 5. The van der Waals surface area contributed by atoms with Crippen LogP contribution in [0.1, 0.15) is 54.6 Å². The number of aryl methyl sites for hydroxylation is 1. The number of likely N-dealkylation sites (tertiary alicyclic amines) is 1. The number of hydrogen-bond acceptors (Lipinski definition) is 7. The molecule has 0 aromatic carbocycles. The van der Waals surface area contributed by atoms with Gasteiger partial charge in [0.25, 0.3) is 5.88 Å². The second-order valence-corrected chi connectivity index (χ2v) is 7.62. The number of fused-ring (bicyclic) bond motifs is 1. The lowest BCUT2D eigenvalue weighted by atomic mass is 9.99. The molecule has 0 N–H and O–H groups in total. The molecular formula is C20H27N5O3. The van der Waals surface area contributed by atoms with Gasteiger partial charge in [0.2, 0.25) is 5.91 Å². The molecule has 2 aromatic heterocycles. The second-order valence-electron chi connectivity index (χ2n) is 7.62. The lowest BCUT2D eigenvalue weighted by molar-refractivity contribution is -0.135. The van der Waals surface area contributed by atoms with Crippen LogP contribution < -0.4 is 4.74 Å². The van der Waals surface area contributed by atoms with Crippen LogP contribution in [0.25, 0.3) is 0 Å². The Kier molecular flexibility index (Phi) is 5.57. The van der Waals surface area contributed by atoms with Crippen LogP contribution in [-0.4, -0.2) is 58.1 Å². The van der Waals surface area contributed by atoms with Gasteiger partial charge in [-0.15, -0.1) is 0 Å². The number of piperidine rings is 1. The van der Waals surface area contributed by atoms with Crippen molar-refractivity contribution in [3.8, 4) is 5.88 Å². The van der Waals surface area contributed by atoms with Crippen LogP contribution in [-0.2, 0) is 24.2 Å². The summed E-state index contributed by atoms with van der Waals surface area (Å²) in [7, 11) is 3.66. The number of carbonyl (C=O) groups excluding carboxylic acids is 1. The number of methoxy groups -OCH3 is 1. The first-order chi connectivity index (χ1) is 13.6. The molecule has 0 spiro atoms. The molecular weight excluding hydrogens is 358 g/mol. The van der Waals surface area contributed by atoms with Crippen LogP contribution in [0, 0.1) is 0 Å². The van der Waals surface area contributed by atoms with Crippen LogP contribution in [0.2, 0.25) is 0 Å². The Labute approximate surface area is 164 Å². The van der Waals surface area contributed by atoms with Gasteiger partial charge in [0.05, 0.1) is 13.2 Å². The number of aromatic nitrogens is 3. The zero-order valence-electron chi connectivity index (χ0n) is 16.6. The van der Waals surface area contributed by atoms with E-state index in [9.17, 15) is 4.79 Å². The van der Waals surface area contributed by atoms with Gasteiger partial charge in [-0.1, -0.05) is 0 Å². The van der Waals surface area contributed by atoms with Crippen molar-refractivity contribution in [3.05, 3.63) is 35.1 Å². The molecule has 4 rings (SSSR count). The molecule has 0 radical (unpaired) electrons. The van der Waals surface area contributed by atoms with Crippen LogP contribution >= 0.6 is 0 Å². The highest BCUT2D eigenvalue weighted by Gasteiger charge is 2.30. The summed E-state index contributed by atoms with van der Waals surface area (Å²) in [4.78, 5) is 26.7. The lowest BCUT2D eigenvalue weighted by Crippen LogP contribution is -2.39. The number of ether oxygens (including phenoxy) is 1. The van der Waals surface area contributed by atoms with Crippen molar-refractivity contribution >= 4 is 5.91 Å². The Morgan fingerprint density at radius 3 is 3.07 bits per heavy atom. The molecule has 28 heavy (non-hydrogen) atoms. The normalized spacial score (nSPS) is 20.1. The fraction of sp³-hybridized carbons (Fsp3) is 0.600. The smallest absolute Gasteiger partial charge is 0.254 e. The highest BCUT2D eigenvalue weighted by Crippen LogP contribution is 2.30. The molecule has 0 saturated carbocycles. The van der Waals surface area contributed by atoms with Gasteiger partial charge in [-0.2, -0.15) is 0 Å². The first kappa shape index (κ1) is 18.9. The van der Waals surface area contributed by atoms with Crippen molar-refractivity contribution in [1.29, 1.82) is 0 Å². The summed E-state index contributed by atoms with van der Waals surface area (Å²) in [5, 5.41) is 3.79. The van der Waals surface area contributed by atoms with Gasteiger partial charge in [-0.25, -0.2) is 9.97 Å². The molecule has 1 saturated heterocycles. The van der Waals surface area contributed by atoms with Crippen LogP contribution in [0.3, 0.4) is 0 Å². The van der Waals surface area contributed by atoms with Crippen molar-refractivity contribution in [2.45, 2.75) is 51.1 Å². The summed E-state index contributed by atoms with van der Waals surface area (Å²) in [6.45, 7) is 2.66. The minimum absolute atomic E-state index is 0.0320. The van der Waals surface area contributed by atoms with Crippen molar-refractivity contribution in [2.24, 2.45) is 0 Å². The predicted octanol–water partition coefficient (Wildman–Crippen LogP) is 2.15. The Morgan fingerprint density at radius 2 is 2.25 bits per heavy atom. The van der Waals surface area contributed by atoms with Crippen molar-refractivity contribution in [1.82, 2.24) is 24.9 Å². The van der Waals surface area contributed by atoms with E-state index in [0.29, 0.717) is 24.5 Å². The van der Waals surface area contributed by atoms with E-state index >= 15 is 0 Å². The van der Waals surface area contributed by atoms with Crippen LogP contribution in [0.15, 0.2) is 16.8 Å². The number of hydrogen-bond donors (Lipinski definition) is 0. The van der Waals surface area contributed by atoms with Gasteiger partial charge < -0.3 is 19.1 Å². The first-order valence-corrected chi connectivity index (χ1v) is 9.96. The van der Waals surface area contributed by atoms with E-state index < -0.39 is 0 Å². The van der Waals surface area contributed by atoms with Crippen LogP contribution in [0.4, 0.5) is 0 Å². The Balaban J connectivity index is 1.46. The monoisotopic (exact) mass is 385 g/mol. The van der Waals surface area contributed by atoms with E-state index in [0.717, 1.165) is 56.8 Å². The zero-order valence-corrected chi connectivity index (χ0v) is 16.6. The van der Waals surface area contributed by atoms with Crippen molar-refractivity contribution in [2.75, 3.05) is 27.2 Å². The Bertz CT molecular complexity index is 837. The molecule has 1 amide bonds. The molecule has 1 fully saturated rings. The molecule has 0 unspecified atom stereocenters. The number of amides is 1. The van der Waals surface area contributed by atoms with E-state index in [2.05, 4.69) is 22.1 Å². The highest BCUT2D eigenvalue weighted by atomic mass is 16.5. The minimum Gasteiger partial charge on any atom is -0.479 e. The van der Waals surface area contributed by atoms with Crippen molar-refractivity contribution in [3.63, 3.8) is 0 Å². The van der Waals surface area contributed by atoms with E-state index in [1.807, 2.05) is 11.1 Å². The molecule has 0 aliphatic carbocycles. The number of nitrogens with zero attached hydrogens (tertiary/aromatic N) is 5. The maximum Gasteiger partial charge on any atom is 0.254 e. The molecule has 1 atom stereocenters. The summed E-state index contributed by atoms with van der Waals surface area (Å²) in [6, 6.07) is 1.69. The second kappa shape index (κ2) is 8.26. The number of carbonyl (C=O) groups is 1. The zero-order chi connectivity index (χ0) is 19.5. The summed E-state index contributed by atoms with van der Waals surface area (Å²) in [5.74, 6) is 2.00. The van der Waals surface area contributed by atoms with E-state index in [-0.39, 0.29) is 11.9 Å². The third-order valence-electron chi connectivity index (χ3n) is 5.60. The lowest BCUT2D eigenvalue weighted by Gasteiger charge is -2.35. The Hall–Kier alpha value is -2.48. The average Bonchev–Trinajstić information content (AvgIpc) is 3.20. The van der Waals surface area contributed by atoms with E-state index in [4.69, 9.17) is 14.2 Å². The fourth-order valence-electron chi connectivity index (χ4n) is 4.01. The van der Waals surface area contributed by atoms with Crippen LogP contribution in [0.5, 0.6) is 5.88 Å². The number of likely N-dealkylation sites (N-methyl/N-ethyl adjacent to an activating group) is 1. The molecule has 8 nitrogen and oxygen atoms in total. The van der Waals surface area contributed by atoms with Gasteiger partial charge in [0.1, 0.15) is 5.76 Å². The third-order valence-corrected chi connectivity index (χ3v) is 5.60. The quantitative estimate of drug-likeness (QED) is 0.780. The first-order valence-electron chi connectivity index (χ1n) is 9.96. The van der Waals surface area contributed by atoms with Gasteiger partial charge in [-0.3, -0.25) is 4.79 Å². The SMILES string of the molecule is COc1cc(CCC(=O)N2CCCC[C@H]2c2ncc3c(n2)CCN(C)C3)on1. The summed E-state index contributed by atoms with van der Waals surface area (Å²) < 4.78 is 10.2. The molecule has 2 aliphatic heterocycles. The molecule has 8 heteroatoms. The fourth-order valence-corrected chi connectivity index (χ4v) is 4.01. The summed E-state index contributed by atoms with van der Waals surface area (Å²) >= 11 is 0. The highest BCUT2D eigenvalue weighted by molar-refractivity contribution is 5.77. The maximum atomic E-state index is 12.9. The third kappa shape index (κ3) is 4.01. The van der Waals surface area contributed by atoms with E-state index in [1.54, 1.807) is 13.2 Å². The van der Waals surface area contributed by atoms with Gasteiger partial charge in [-0.05, 0) is 31.5 Å². The average molecular weight is 385 g/mol. The summed E-state index contributed by atoms with van der Waals surface area (Å²) in [5.41, 5.74) is 2.33. The largest absolute Gasteiger partial charge is 0.479 e. The maximum absolute atomic E-state index is 12.9. The minimum atomic E-state index is -0.0320. The molecule has 150 valence electrons. The Morgan fingerprint density at radius 1 is 1.36 bits per heavy atom. The molecule has 2 aromatic rings. The summed E-state index contributed by atoms with van der Waals surface area (Å²) in [6.07, 6.45) is 6.81. The van der Waals surface area contributed by atoms with Gasteiger partial charge in [0.15, 0.2) is 5.82 Å². The van der Waals surface area contributed by atoms with E-state index in [1.165, 1.54) is 5.56 Å². The molecule has 2 aliphatic rings. The van der Waals surface area contributed by atoms with Gasteiger partial charge in [0, 0.05) is 62.4 Å². The van der Waals surface area contributed by atoms with Gasteiger partial charge >= 0.3 is 0 Å². The standard InChI is InChI=1S/C20H27N5O3/c1-24-10-8-16-14(13-24)12-21-20(22-16)17-5-3-4-9-25(17)19(26)7-6-15-11-18(27-2)23-28-15/h11-12,17H,3-10,13H2,1-2H3/t17-/m0/s1. The predicted molar refractivity (Wildman–Crippen MR) is 102 cm³/mol. The van der Waals surface area contributed by atoms with Crippen molar-refractivity contribution < 1.29 is 14.1 Å².